The predicted molar refractivity (Wildman–Crippen MR) is 126 cm³/mol. The molecule has 7 atom stereocenters. The summed E-state index contributed by atoms with van der Waals surface area (Å²) < 4.78 is 6.25. The summed E-state index contributed by atoms with van der Waals surface area (Å²) in [5.74, 6) is 3.63. The van der Waals surface area contributed by atoms with E-state index in [-0.39, 0.29) is 17.4 Å². The maximum atomic E-state index is 13.1. The third-order valence-corrected chi connectivity index (χ3v) is 9.74. The third-order valence-electron chi connectivity index (χ3n) is 9.74. The smallest absolute Gasteiger partial charge is 0.287 e. The van der Waals surface area contributed by atoms with Crippen molar-refractivity contribution >= 4 is 16.7 Å². The van der Waals surface area contributed by atoms with Crippen molar-refractivity contribution in [2.75, 3.05) is 0 Å². The second kappa shape index (κ2) is 7.07. The summed E-state index contributed by atoms with van der Waals surface area (Å²) in [5, 5.41) is 5.35. The van der Waals surface area contributed by atoms with E-state index in [0.717, 1.165) is 29.0 Å². The van der Waals surface area contributed by atoms with Crippen molar-refractivity contribution in [2.45, 2.75) is 65.3 Å². The summed E-state index contributed by atoms with van der Waals surface area (Å²) >= 11 is 0. The van der Waals surface area contributed by atoms with Gasteiger partial charge in [0.25, 0.3) is 5.91 Å². The van der Waals surface area contributed by atoms with Gasteiger partial charge in [-0.15, -0.1) is 0 Å². The average molecular weight is 431 g/mol. The number of benzene rings is 1. The molecule has 0 radical (unpaired) electrons. The number of carbonyl (C=O) groups is 1. The van der Waals surface area contributed by atoms with Gasteiger partial charge in [-0.05, 0) is 84.8 Å². The number of hydrogen-bond acceptors (Lipinski definition) is 3. The number of rotatable bonds is 2. The van der Waals surface area contributed by atoms with Crippen LogP contribution < -0.4 is 10.1 Å². The number of amides is 1. The first-order chi connectivity index (χ1) is 15.4. The van der Waals surface area contributed by atoms with Crippen molar-refractivity contribution in [3.8, 4) is 5.88 Å². The molecule has 168 valence electrons. The number of ether oxygens (including phenoxy) is 1. The van der Waals surface area contributed by atoms with Crippen LogP contribution in [-0.2, 0) is 4.79 Å². The van der Waals surface area contributed by atoms with E-state index in [4.69, 9.17) is 4.74 Å². The monoisotopic (exact) mass is 430 g/mol. The summed E-state index contributed by atoms with van der Waals surface area (Å²) in [6.45, 7) is 7.35. The maximum absolute atomic E-state index is 13.1. The van der Waals surface area contributed by atoms with Gasteiger partial charge in [0.1, 0.15) is 0 Å². The maximum Gasteiger partial charge on any atom is 0.287 e. The largest absolute Gasteiger partial charge is 0.433 e. The van der Waals surface area contributed by atoms with Crippen LogP contribution in [0.4, 0.5) is 0 Å². The van der Waals surface area contributed by atoms with Crippen LogP contribution >= 0.6 is 0 Å². The molecular formula is C28H34N2O2. The Hall–Kier alpha value is -2.36. The van der Waals surface area contributed by atoms with Crippen molar-refractivity contribution < 1.29 is 9.53 Å². The van der Waals surface area contributed by atoms with Crippen LogP contribution in [0.25, 0.3) is 10.8 Å². The van der Waals surface area contributed by atoms with E-state index in [1.165, 1.54) is 32.1 Å². The van der Waals surface area contributed by atoms with Crippen LogP contribution in [0.15, 0.2) is 48.4 Å². The Morgan fingerprint density at radius 1 is 1.09 bits per heavy atom. The lowest BCUT2D eigenvalue weighted by Crippen LogP contribution is -2.62. The zero-order valence-corrected chi connectivity index (χ0v) is 19.4. The van der Waals surface area contributed by atoms with Gasteiger partial charge in [0, 0.05) is 23.0 Å². The van der Waals surface area contributed by atoms with Crippen LogP contribution in [0.3, 0.4) is 0 Å². The minimum absolute atomic E-state index is 0.0745. The van der Waals surface area contributed by atoms with Crippen LogP contribution in [0.5, 0.6) is 5.88 Å². The standard InChI is InChI=1S/C28H34N2O2/c1-17-15-23-28(3,21-10-13-27(2)12-6-9-20(27)24(17)21)16-22(25(31)30-23)32-26-19-8-5-4-7-18(19)11-14-29-26/h4-5,7-8,11,14,16-17,20-21,23-24H,6,9-10,12-13,15H2,1-3H3,(H,30,31)/t17-,20-,21-,23+,24-,27-,28+/m0/s1. The van der Waals surface area contributed by atoms with E-state index in [1.807, 2.05) is 30.3 Å². The minimum atomic E-state index is -0.102. The Bertz CT molecular complexity index is 1100. The molecule has 0 unspecified atom stereocenters. The van der Waals surface area contributed by atoms with E-state index in [9.17, 15) is 4.79 Å². The Morgan fingerprint density at radius 2 is 1.94 bits per heavy atom. The molecule has 4 nitrogen and oxygen atoms in total. The van der Waals surface area contributed by atoms with Gasteiger partial charge in [-0.25, -0.2) is 4.98 Å². The molecule has 0 bridgehead atoms. The van der Waals surface area contributed by atoms with Crippen molar-refractivity contribution in [2.24, 2.45) is 34.5 Å². The Morgan fingerprint density at radius 3 is 2.81 bits per heavy atom. The first kappa shape index (κ1) is 20.3. The molecule has 3 fully saturated rings. The van der Waals surface area contributed by atoms with Gasteiger partial charge in [-0.2, -0.15) is 0 Å². The molecule has 4 aliphatic rings. The lowest BCUT2D eigenvalue weighted by atomic mass is 9.46. The number of nitrogens with zero attached hydrogens (tertiary/aromatic N) is 1. The molecule has 1 aliphatic heterocycles. The SMILES string of the molecule is C[C@H]1C[C@H]2NC(=O)C(Oc3nccc4ccccc34)=C[C@]2(C)[C@H]2CC[C@]3(C)CCC[C@H]3[C@H]12. The van der Waals surface area contributed by atoms with E-state index in [1.54, 1.807) is 6.20 Å². The van der Waals surface area contributed by atoms with Gasteiger partial charge >= 0.3 is 0 Å². The molecule has 0 saturated heterocycles. The molecule has 2 aromatic rings. The predicted octanol–water partition coefficient (Wildman–Crippen LogP) is 5.87. The fourth-order valence-electron chi connectivity index (χ4n) is 8.10. The van der Waals surface area contributed by atoms with Crippen LogP contribution in [0.2, 0.25) is 0 Å². The summed E-state index contributed by atoms with van der Waals surface area (Å²) in [7, 11) is 0. The van der Waals surface area contributed by atoms with Crippen LogP contribution in [0.1, 0.15) is 59.3 Å². The van der Waals surface area contributed by atoms with Gasteiger partial charge in [-0.3, -0.25) is 4.79 Å². The summed E-state index contributed by atoms with van der Waals surface area (Å²) in [6.07, 6.45) is 11.7. The highest BCUT2D eigenvalue weighted by atomic mass is 16.5. The number of hydrogen-bond donors (Lipinski definition) is 1. The van der Waals surface area contributed by atoms with Gasteiger partial charge in [0.15, 0.2) is 5.76 Å². The van der Waals surface area contributed by atoms with Crippen molar-refractivity contribution in [1.82, 2.24) is 10.3 Å². The van der Waals surface area contributed by atoms with Gasteiger partial charge < -0.3 is 10.1 Å². The molecule has 4 heteroatoms. The molecule has 0 spiro atoms. The van der Waals surface area contributed by atoms with Crippen molar-refractivity contribution in [3.63, 3.8) is 0 Å². The molecule has 2 heterocycles. The second-order valence-corrected chi connectivity index (χ2v) is 11.4. The summed E-state index contributed by atoms with van der Waals surface area (Å²) in [4.78, 5) is 17.6. The van der Waals surface area contributed by atoms with E-state index < -0.39 is 0 Å². The number of fused-ring (bicyclic) bond motifs is 6. The van der Waals surface area contributed by atoms with E-state index in [2.05, 4.69) is 37.1 Å². The summed E-state index contributed by atoms with van der Waals surface area (Å²) in [5.41, 5.74) is 0.446. The van der Waals surface area contributed by atoms with Gasteiger partial charge in [0.2, 0.25) is 5.88 Å². The Labute approximate surface area is 190 Å². The van der Waals surface area contributed by atoms with Gasteiger partial charge in [0.05, 0.1) is 0 Å². The Kier molecular flexibility index (Phi) is 4.48. The second-order valence-electron chi connectivity index (χ2n) is 11.4. The number of aromatic nitrogens is 1. The highest BCUT2D eigenvalue weighted by molar-refractivity contribution is 5.94. The molecule has 1 amide bonds. The molecule has 3 saturated carbocycles. The van der Waals surface area contributed by atoms with Gasteiger partial charge in [-0.1, -0.05) is 45.4 Å². The fraction of sp³-hybridized carbons (Fsp3) is 0.571. The van der Waals surface area contributed by atoms with Crippen LogP contribution in [0, 0.1) is 34.5 Å². The van der Waals surface area contributed by atoms with Crippen molar-refractivity contribution in [3.05, 3.63) is 48.4 Å². The Balaban J connectivity index is 1.38. The number of pyridine rings is 1. The van der Waals surface area contributed by atoms with E-state index >= 15 is 0 Å². The summed E-state index contributed by atoms with van der Waals surface area (Å²) in [6, 6.07) is 10.2. The first-order valence-corrected chi connectivity index (χ1v) is 12.4. The molecule has 1 aromatic heterocycles. The van der Waals surface area contributed by atoms with Crippen molar-refractivity contribution in [1.29, 1.82) is 0 Å². The normalized spacial score (nSPS) is 40.7. The average Bonchev–Trinajstić information content (AvgIpc) is 3.17. The molecule has 1 aromatic carbocycles. The highest BCUT2D eigenvalue weighted by Gasteiger charge is 2.60. The first-order valence-electron chi connectivity index (χ1n) is 12.4. The quantitative estimate of drug-likeness (QED) is 0.648. The molecule has 6 rings (SSSR count). The number of nitrogens with one attached hydrogen (secondary N) is 1. The molecule has 32 heavy (non-hydrogen) atoms. The van der Waals surface area contributed by atoms with E-state index in [0.29, 0.717) is 28.9 Å². The zero-order valence-electron chi connectivity index (χ0n) is 19.4. The fourth-order valence-corrected chi connectivity index (χ4v) is 8.10. The molecular weight excluding hydrogens is 396 g/mol. The highest BCUT2D eigenvalue weighted by Crippen LogP contribution is 2.64. The van der Waals surface area contributed by atoms with Crippen LogP contribution in [-0.4, -0.2) is 16.9 Å². The molecule has 1 N–H and O–H groups in total. The topological polar surface area (TPSA) is 51.2 Å². The zero-order chi connectivity index (χ0) is 22.1. The number of carbonyl (C=O) groups excluding carboxylic acids is 1. The minimum Gasteiger partial charge on any atom is -0.433 e. The molecule has 3 aliphatic carbocycles. The lowest BCUT2D eigenvalue weighted by molar-refractivity contribution is -0.128. The lowest BCUT2D eigenvalue weighted by Gasteiger charge is -2.60. The third kappa shape index (κ3) is 2.87.